The first-order valence-electron chi connectivity index (χ1n) is 3.46. The maximum absolute atomic E-state index is 2.00. The van der Waals surface area contributed by atoms with Crippen molar-refractivity contribution in [2.75, 3.05) is 0 Å². The smallest absolute Gasteiger partial charge is 0 e. The van der Waals surface area contributed by atoms with Crippen LogP contribution in [-0.2, 0) is 0 Å². The predicted molar refractivity (Wildman–Crippen MR) is 52.7 cm³/mol. The molecule has 12 heavy (non-hydrogen) atoms. The molecule has 0 rings (SSSR count). The van der Waals surface area contributed by atoms with Crippen molar-refractivity contribution in [3.05, 3.63) is 19.3 Å². The van der Waals surface area contributed by atoms with Gasteiger partial charge in [0.05, 0.1) is 0 Å². The molecule has 6 radical (unpaired) electrons. The Morgan fingerprint density at radius 1 is 0.500 bits per heavy atom. The molecular weight excluding hydrogens is 301 g/mol. The van der Waals surface area contributed by atoms with Crippen molar-refractivity contribution in [2.45, 2.75) is 41.5 Å². The molecule has 0 bridgehead atoms. The van der Waals surface area contributed by atoms with Gasteiger partial charge in [-0.25, -0.2) is 0 Å². The zero-order chi connectivity index (χ0) is 8.12. The van der Waals surface area contributed by atoms with E-state index < -0.39 is 0 Å². The Balaban J connectivity index is -0.00000001000. The van der Waals surface area contributed by atoms with Gasteiger partial charge in [0.1, 0.15) is 0 Å². The van der Waals surface area contributed by atoms with Crippen LogP contribution in [-0.4, -0.2) is 24.4 Å². The van der Waals surface area contributed by atoms with Gasteiger partial charge in [0.15, 0.2) is 0 Å². The van der Waals surface area contributed by atoms with Crippen molar-refractivity contribution in [3.63, 3.8) is 0 Å². The van der Waals surface area contributed by atoms with Crippen LogP contribution in [0.15, 0.2) is 0 Å². The SMILES string of the molecule is C[CH]C.C[CH]C.C[CH]C.[Cl-].[Cl-].[Sb]. The third-order valence-corrected chi connectivity index (χ3v) is 0. The molecule has 0 N–H and O–H groups in total. The number of halogens is 2. The maximum atomic E-state index is 2.00. The molecule has 0 aliphatic carbocycles. The summed E-state index contributed by atoms with van der Waals surface area (Å²) < 4.78 is 0. The van der Waals surface area contributed by atoms with Crippen molar-refractivity contribution in [3.8, 4) is 0 Å². The van der Waals surface area contributed by atoms with Gasteiger partial charge in [-0.3, -0.25) is 0 Å². The number of rotatable bonds is 0. The minimum Gasteiger partial charge on any atom is -1.00 e. The maximum Gasteiger partial charge on any atom is 0 e. The summed E-state index contributed by atoms with van der Waals surface area (Å²) in [5, 5.41) is 0. The van der Waals surface area contributed by atoms with Crippen LogP contribution >= 0.6 is 0 Å². The summed E-state index contributed by atoms with van der Waals surface area (Å²) in [7, 11) is 0. The zero-order valence-electron chi connectivity index (χ0n) is 8.94. The molecule has 0 aromatic heterocycles. The Bertz CT molecular complexity index is 17.2. The molecule has 0 saturated carbocycles. The fraction of sp³-hybridized carbons (Fsp3) is 0.667. The van der Waals surface area contributed by atoms with Gasteiger partial charge in [-0.05, 0) is 19.3 Å². The van der Waals surface area contributed by atoms with Gasteiger partial charge in [0, 0.05) is 24.4 Å². The first-order chi connectivity index (χ1) is 4.24. The summed E-state index contributed by atoms with van der Waals surface area (Å²) in [6.45, 7) is 12.0. The van der Waals surface area contributed by atoms with Gasteiger partial charge in [-0.1, -0.05) is 41.5 Å². The molecule has 0 spiro atoms. The Labute approximate surface area is 110 Å². The molecule has 0 heterocycles. The molecule has 0 unspecified atom stereocenters. The average Bonchev–Trinajstić information content (AvgIpc) is 1.70. The zero-order valence-corrected chi connectivity index (χ0v) is 13.0. The molecule has 0 amide bonds. The molecule has 0 atom stereocenters. The van der Waals surface area contributed by atoms with E-state index in [1.165, 1.54) is 0 Å². The molecule has 78 valence electrons. The van der Waals surface area contributed by atoms with Crippen molar-refractivity contribution in [1.29, 1.82) is 0 Å². The molecule has 0 aliphatic rings. The van der Waals surface area contributed by atoms with E-state index in [9.17, 15) is 0 Å². The van der Waals surface area contributed by atoms with Crippen molar-refractivity contribution in [2.24, 2.45) is 0 Å². The van der Waals surface area contributed by atoms with E-state index in [1.54, 1.807) is 0 Å². The fourth-order valence-electron chi connectivity index (χ4n) is 0. The topological polar surface area (TPSA) is 0 Å². The van der Waals surface area contributed by atoms with E-state index in [1.807, 2.05) is 60.8 Å². The minimum atomic E-state index is 0. The summed E-state index contributed by atoms with van der Waals surface area (Å²) in [4.78, 5) is 0. The summed E-state index contributed by atoms with van der Waals surface area (Å²) in [6, 6.07) is 0. The molecule has 0 nitrogen and oxygen atoms in total. The van der Waals surface area contributed by atoms with E-state index in [2.05, 4.69) is 0 Å². The quantitative estimate of drug-likeness (QED) is 0.427. The van der Waals surface area contributed by atoms with Crippen molar-refractivity contribution < 1.29 is 24.8 Å². The monoisotopic (exact) mass is 320 g/mol. The van der Waals surface area contributed by atoms with Crippen LogP contribution in [0.1, 0.15) is 41.5 Å². The first-order valence-corrected chi connectivity index (χ1v) is 3.46. The normalized spacial score (nSPS) is 4.50. The average molecular weight is 322 g/mol. The van der Waals surface area contributed by atoms with Gasteiger partial charge in [-0.15, -0.1) is 0 Å². The Morgan fingerprint density at radius 3 is 0.500 bits per heavy atom. The third kappa shape index (κ3) is 630. The third-order valence-electron chi connectivity index (χ3n) is 0. The molecule has 0 aromatic carbocycles. The summed E-state index contributed by atoms with van der Waals surface area (Å²) >= 11 is 0. The van der Waals surface area contributed by atoms with Crippen molar-refractivity contribution >= 4 is 24.4 Å². The fourth-order valence-corrected chi connectivity index (χ4v) is 0. The molecule has 0 aromatic rings. The van der Waals surface area contributed by atoms with Gasteiger partial charge >= 0.3 is 0 Å². The van der Waals surface area contributed by atoms with Crippen LogP contribution < -0.4 is 24.8 Å². The molecule has 0 fully saturated rings. The summed E-state index contributed by atoms with van der Waals surface area (Å²) in [5.74, 6) is 0. The second-order valence-corrected chi connectivity index (χ2v) is 1.73. The minimum absolute atomic E-state index is 0. The Kier molecular flexibility index (Phi) is 261. The van der Waals surface area contributed by atoms with E-state index in [0.717, 1.165) is 0 Å². The number of hydrogen-bond donors (Lipinski definition) is 0. The largest absolute Gasteiger partial charge is 1.00 e. The van der Waals surface area contributed by atoms with Crippen LogP contribution in [0.4, 0.5) is 0 Å². The second-order valence-electron chi connectivity index (χ2n) is 1.73. The molecular formula is C9H21Cl2Sb-2. The van der Waals surface area contributed by atoms with Crippen LogP contribution in [0.2, 0.25) is 0 Å². The second kappa shape index (κ2) is 83.3. The van der Waals surface area contributed by atoms with Gasteiger partial charge < -0.3 is 24.8 Å². The van der Waals surface area contributed by atoms with E-state index in [-0.39, 0.29) is 49.2 Å². The van der Waals surface area contributed by atoms with E-state index >= 15 is 0 Å². The van der Waals surface area contributed by atoms with E-state index in [4.69, 9.17) is 0 Å². The standard InChI is InChI=1S/3C3H7.2ClH.Sb/c3*1-3-2;;;/h3*3H,1-2H3;2*1H;/p-2. The Hall–Kier alpha value is 1.40. The van der Waals surface area contributed by atoms with Gasteiger partial charge in [0.25, 0.3) is 0 Å². The molecule has 0 saturated heterocycles. The van der Waals surface area contributed by atoms with Crippen LogP contribution in [0, 0.1) is 19.3 Å². The van der Waals surface area contributed by atoms with Crippen LogP contribution in [0.25, 0.3) is 0 Å². The first kappa shape index (κ1) is 37.6. The molecule has 3 heteroatoms. The van der Waals surface area contributed by atoms with E-state index in [0.29, 0.717) is 0 Å². The van der Waals surface area contributed by atoms with Crippen molar-refractivity contribution in [1.82, 2.24) is 0 Å². The summed E-state index contributed by atoms with van der Waals surface area (Å²) in [6.07, 6.45) is 6.00. The molecule has 0 aliphatic heterocycles. The Morgan fingerprint density at radius 2 is 0.500 bits per heavy atom. The summed E-state index contributed by atoms with van der Waals surface area (Å²) in [5.41, 5.74) is 0. The predicted octanol–water partition coefficient (Wildman–Crippen LogP) is -2.68. The number of hydrogen-bond acceptors (Lipinski definition) is 0. The van der Waals surface area contributed by atoms with Gasteiger partial charge in [-0.2, -0.15) is 0 Å². The van der Waals surface area contributed by atoms with Crippen LogP contribution in [0.3, 0.4) is 0 Å². The van der Waals surface area contributed by atoms with Crippen LogP contribution in [0.5, 0.6) is 0 Å². The van der Waals surface area contributed by atoms with Gasteiger partial charge in [0.2, 0.25) is 0 Å².